The Hall–Kier alpha value is -2.23. The molecule has 0 bridgehead atoms. The number of rotatable bonds is 5. The number of hydrogen-bond donors (Lipinski definition) is 0. The number of nitrogens with zero attached hydrogens (tertiary/aromatic N) is 3. The van der Waals surface area contributed by atoms with Crippen molar-refractivity contribution in [1.29, 1.82) is 0 Å². The molecule has 0 aliphatic rings. The summed E-state index contributed by atoms with van der Waals surface area (Å²) in [5.41, 5.74) is 1.21. The molecule has 104 valence electrons. The van der Waals surface area contributed by atoms with Gasteiger partial charge in [-0.25, -0.2) is 4.98 Å². The van der Waals surface area contributed by atoms with Gasteiger partial charge in [0, 0.05) is 36.0 Å². The third-order valence-electron chi connectivity index (χ3n) is 3.51. The van der Waals surface area contributed by atoms with Gasteiger partial charge in [0.1, 0.15) is 11.6 Å². The maximum absolute atomic E-state index is 5.54. The third kappa shape index (κ3) is 2.29. The highest BCUT2D eigenvalue weighted by atomic mass is 16.5. The van der Waals surface area contributed by atoms with Crippen LogP contribution in [-0.2, 0) is 13.1 Å². The van der Waals surface area contributed by atoms with E-state index in [9.17, 15) is 0 Å². The molecule has 3 aromatic rings. The summed E-state index contributed by atoms with van der Waals surface area (Å²) in [7, 11) is 0. The smallest absolute Gasteiger partial charge is 0.128 e. The maximum Gasteiger partial charge on any atom is 0.128 e. The average Bonchev–Trinajstić information content (AvgIpc) is 3.06. The Morgan fingerprint density at radius 1 is 1.10 bits per heavy atom. The molecule has 4 nitrogen and oxygen atoms in total. The molecule has 4 heteroatoms. The standard InChI is InChI=1S/C16H19N3O/c1-3-18-10-8-17-16(18)12-19-9-7-13-11-14(20-4-2)5-6-15(13)19/h5-11H,3-4,12H2,1-2H3. The highest BCUT2D eigenvalue weighted by molar-refractivity contribution is 5.81. The fraction of sp³-hybridized carbons (Fsp3) is 0.312. The van der Waals surface area contributed by atoms with Crippen LogP contribution in [0.25, 0.3) is 10.9 Å². The summed E-state index contributed by atoms with van der Waals surface area (Å²) in [5, 5.41) is 1.20. The van der Waals surface area contributed by atoms with Gasteiger partial charge in [-0.05, 0) is 38.1 Å². The van der Waals surface area contributed by atoms with Crippen LogP contribution in [0.5, 0.6) is 5.75 Å². The zero-order valence-electron chi connectivity index (χ0n) is 11.9. The second-order valence-corrected chi connectivity index (χ2v) is 4.73. The van der Waals surface area contributed by atoms with Crippen LogP contribution < -0.4 is 4.74 Å². The summed E-state index contributed by atoms with van der Waals surface area (Å²) in [6.07, 6.45) is 5.99. The predicted molar refractivity (Wildman–Crippen MR) is 80.1 cm³/mol. The van der Waals surface area contributed by atoms with E-state index in [1.54, 1.807) is 0 Å². The van der Waals surface area contributed by atoms with Crippen LogP contribution in [0.2, 0.25) is 0 Å². The molecule has 20 heavy (non-hydrogen) atoms. The van der Waals surface area contributed by atoms with Gasteiger partial charge in [0.05, 0.1) is 13.2 Å². The van der Waals surface area contributed by atoms with Crippen LogP contribution in [0.15, 0.2) is 42.9 Å². The molecule has 0 aliphatic carbocycles. The molecular weight excluding hydrogens is 250 g/mol. The van der Waals surface area contributed by atoms with Crippen molar-refractivity contribution in [3.63, 3.8) is 0 Å². The van der Waals surface area contributed by atoms with Gasteiger partial charge in [0.2, 0.25) is 0 Å². The van der Waals surface area contributed by atoms with E-state index in [-0.39, 0.29) is 0 Å². The fourth-order valence-corrected chi connectivity index (χ4v) is 2.50. The minimum Gasteiger partial charge on any atom is -0.494 e. The second-order valence-electron chi connectivity index (χ2n) is 4.73. The average molecular weight is 269 g/mol. The van der Waals surface area contributed by atoms with Gasteiger partial charge in [-0.15, -0.1) is 0 Å². The molecule has 0 N–H and O–H groups in total. The first kappa shape index (κ1) is 12.8. The minimum atomic E-state index is 0.695. The van der Waals surface area contributed by atoms with Crippen molar-refractivity contribution in [3.8, 4) is 5.75 Å². The number of aryl methyl sites for hydroxylation is 1. The topological polar surface area (TPSA) is 32.0 Å². The predicted octanol–water partition coefficient (Wildman–Crippen LogP) is 3.30. The lowest BCUT2D eigenvalue weighted by Gasteiger charge is -2.08. The summed E-state index contributed by atoms with van der Waals surface area (Å²) in [6.45, 7) is 6.56. The molecule has 0 radical (unpaired) electrons. The zero-order valence-corrected chi connectivity index (χ0v) is 11.9. The first-order chi connectivity index (χ1) is 9.81. The third-order valence-corrected chi connectivity index (χ3v) is 3.51. The summed E-state index contributed by atoms with van der Waals surface area (Å²) >= 11 is 0. The molecule has 0 aliphatic heterocycles. The molecule has 0 atom stereocenters. The highest BCUT2D eigenvalue weighted by Gasteiger charge is 2.06. The van der Waals surface area contributed by atoms with Crippen LogP contribution in [0, 0.1) is 0 Å². The number of imidazole rings is 1. The van der Waals surface area contributed by atoms with E-state index in [1.165, 1.54) is 10.9 Å². The first-order valence-electron chi connectivity index (χ1n) is 7.03. The fourth-order valence-electron chi connectivity index (χ4n) is 2.50. The van der Waals surface area contributed by atoms with Gasteiger partial charge in [-0.3, -0.25) is 0 Å². The summed E-state index contributed by atoms with van der Waals surface area (Å²) in [4.78, 5) is 4.43. The van der Waals surface area contributed by atoms with E-state index in [4.69, 9.17) is 4.74 Å². The van der Waals surface area contributed by atoms with E-state index < -0.39 is 0 Å². The Balaban J connectivity index is 1.92. The van der Waals surface area contributed by atoms with Crippen molar-refractivity contribution in [2.75, 3.05) is 6.61 Å². The SMILES string of the molecule is CCOc1ccc2c(ccn2Cc2nccn2CC)c1. The molecule has 0 saturated heterocycles. The molecule has 0 amide bonds. The lowest BCUT2D eigenvalue weighted by Crippen LogP contribution is -2.06. The Bertz CT molecular complexity index is 711. The van der Waals surface area contributed by atoms with E-state index in [0.717, 1.165) is 24.7 Å². The molecule has 0 spiro atoms. The molecule has 1 aromatic carbocycles. The van der Waals surface area contributed by atoms with Gasteiger partial charge in [-0.1, -0.05) is 0 Å². The Labute approximate surface area is 118 Å². The molecule has 0 unspecified atom stereocenters. The van der Waals surface area contributed by atoms with E-state index in [0.29, 0.717) is 6.61 Å². The van der Waals surface area contributed by atoms with Crippen molar-refractivity contribution in [2.24, 2.45) is 0 Å². The summed E-state index contributed by atoms with van der Waals surface area (Å²) in [6, 6.07) is 8.34. The van der Waals surface area contributed by atoms with Crippen LogP contribution in [0.3, 0.4) is 0 Å². The van der Waals surface area contributed by atoms with Crippen molar-refractivity contribution in [1.82, 2.24) is 14.1 Å². The second kappa shape index (κ2) is 5.41. The largest absolute Gasteiger partial charge is 0.494 e. The lowest BCUT2D eigenvalue weighted by atomic mass is 10.2. The molecule has 3 rings (SSSR count). The first-order valence-corrected chi connectivity index (χ1v) is 7.03. The number of hydrogen-bond acceptors (Lipinski definition) is 2. The van der Waals surface area contributed by atoms with Crippen molar-refractivity contribution < 1.29 is 4.74 Å². The molecular formula is C16H19N3O. The van der Waals surface area contributed by atoms with E-state index in [1.807, 2.05) is 25.4 Å². The van der Waals surface area contributed by atoms with Gasteiger partial charge < -0.3 is 13.9 Å². The van der Waals surface area contributed by atoms with Crippen LogP contribution in [0.1, 0.15) is 19.7 Å². The number of ether oxygens (including phenoxy) is 1. The van der Waals surface area contributed by atoms with Crippen molar-refractivity contribution >= 4 is 10.9 Å². The Morgan fingerprint density at radius 2 is 2.00 bits per heavy atom. The Morgan fingerprint density at radius 3 is 2.80 bits per heavy atom. The van der Waals surface area contributed by atoms with Crippen LogP contribution >= 0.6 is 0 Å². The van der Waals surface area contributed by atoms with Gasteiger partial charge >= 0.3 is 0 Å². The summed E-state index contributed by atoms with van der Waals surface area (Å²) in [5.74, 6) is 2.01. The van der Waals surface area contributed by atoms with Gasteiger partial charge in [0.25, 0.3) is 0 Å². The minimum absolute atomic E-state index is 0.695. The van der Waals surface area contributed by atoms with E-state index >= 15 is 0 Å². The van der Waals surface area contributed by atoms with Gasteiger partial charge in [-0.2, -0.15) is 0 Å². The lowest BCUT2D eigenvalue weighted by molar-refractivity contribution is 0.340. The quantitative estimate of drug-likeness (QED) is 0.711. The van der Waals surface area contributed by atoms with Crippen molar-refractivity contribution in [3.05, 3.63) is 48.7 Å². The zero-order chi connectivity index (χ0) is 13.9. The molecule has 0 fully saturated rings. The highest BCUT2D eigenvalue weighted by Crippen LogP contribution is 2.22. The molecule has 2 heterocycles. The number of aromatic nitrogens is 3. The van der Waals surface area contributed by atoms with Crippen LogP contribution in [-0.4, -0.2) is 20.7 Å². The molecule has 0 saturated carbocycles. The monoisotopic (exact) mass is 269 g/mol. The van der Waals surface area contributed by atoms with Crippen LogP contribution in [0.4, 0.5) is 0 Å². The van der Waals surface area contributed by atoms with Crippen molar-refractivity contribution in [2.45, 2.75) is 26.9 Å². The Kier molecular flexibility index (Phi) is 3.46. The normalized spacial score (nSPS) is 11.1. The van der Waals surface area contributed by atoms with Gasteiger partial charge in [0.15, 0.2) is 0 Å². The number of fused-ring (bicyclic) bond motifs is 1. The van der Waals surface area contributed by atoms with E-state index in [2.05, 4.69) is 45.4 Å². The number of benzene rings is 1. The maximum atomic E-state index is 5.54. The molecule has 2 aromatic heterocycles. The summed E-state index contributed by atoms with van der Waals surface area (Å²) < 4.78 is 9.93.